The van der Waals surface area contributed by atoms with E-state index >= 15 is 0 Å². The van der Waals surface area contributed by atoms with E-state index in [-0.39, 0.29) is 29.1 Å². The zero-order chi connectivity index (χ0) is 22.1. The van der Waals surface area contributed by atoms with E-state index in [9.17, 15) is 9.18 Å². The molecule has 0 atom stereocenters. The Kier molecular flexibility index (Phi) is 5.83. The van der Waals surface area contributed by atoms with Gasteiger partial charge in [0.05, 0.1) is 17.4 Å². The monoisotopic (exact) mass is 412 g/mol. The molecule has 1 aromatic carbocycles. The van der Waals surface area contributed by atoms with Crippen LogP contribution in [-0.2, 0) is 22.2 Å². The highest BCUT2D eigenvalue weighted by molar-refractivity contribution is 5.90. The number of carbonyl (C=O) groups excluding carboxylic acids is 1. The number of anilines is 1. The number of carbonyl (C=O) groups is 1. The molecular weight excluding hydrogens is 383 g/mol. The van der Waals surface area contributed by atoms with Crippen LogP contribution < -0.4 is 5.32 Å². The normalized spacial score (nSPS) is 12.2. The lowest BCUT2D eigenvalue weighted by atomic mass is 9.92. The van der Waals surface area contributed by atoms with E-state index in [1.54, 1.807) is 18.3 Å². The fourth-order valence-corrected chi connectivity index (χ4v) is 2.95. The fraction of sp³-hybridized carbons (Fsp3) is 0.435. The summed E-state index contributed by atoms with van der Waals surface area (Å²) in [6, 6.07) is 7.94. The lowest BCUT2D eigenvalue weighted by Crippen LogP contribution is -2.27. The summed E-state index contributed by atoms with van der Waals surface area (Å²) in [6.45, 7) is 12.4. The van der Waals surface area contributed by atoms with E-state index in [0.717, 1.165) is 11.3 Å². The van der Waals surface area contributed by atoms with Crippen LogP contribution in [0.25, 0.3) is 11.3 Å². The summed E-state index contributed by atoms with van der Waals surface area (Å²) in [6.07, 6.45) is 2.18. The summed E-state index contributed by atoms with van der Waals surface area (Å²) in [5, 5.41) is 7.69. The summed E-state index contributed by atoms with van der Waals surface area (Å²) in [4.78, 5) is 16.8. The molecule has 3 aromatic rings. The van der Waals surface area contributed by atoms with Gasteiger partial charge < -0.3 is 9.73 Å². The number of nitrogens with zero attached hydrogens (tertiary/aromatic N) is 3. The Morgan fingerprint density at radius 3 is 2.40 bits per heavy atom. The summed E-state index contributed by atoms with van der Waals surface area (Å²) in [5.74, 6) is 1.24. The maximum absolute atomic E-state index is 13.1. The average molecular weight is 413 g/mol. The van der Waals surface area contributed by atoms with Crippen molar-refractivity contribution in [2.24, 2.45) is 0 Å². The molecule has 0 aliphatic heterocycles. The number of nitrogens with one attached hydrogen (secondary N) is 1. The third kappa shape index (κ3) is 5.14. The van der Waals surface area contributed by atoms with Crippen molar-refractivity contribution in [3.63, 3.8) is 0 Å². The molecule has 0 saturated heterocycles. The number of hydrogen-bond donors (Lipinski definition) is 1. The van der Waals surface area contributed by atoms with Crippen LogP contribution in [0.4, 0.5) is 10.2 Å². The number of amides is 1. The molecule has 0 saturated carbocycles. The summed E-state index contributed by atoms with van der Waals surface area (Å²) in [5.41, 5.74) is 1.27. The van der Waals surface area contributed by atoms with Gasteiger partial charge in [0.25, 0.3) is 0 Å². The first kappa shape index (κ1) is 21.7. The van der Waals surface area contributed by atoms with Crippen molar-refractivity contribution in [3.05, 3.63) is 53.9 Å². The van der Waals surface area contributed by atoms with Crippen LogP contribution in [0.3, 0.4) is 0 Å². The first-order valence-corrected chi connectivity index (χ1v) is 10.0. The molecule has 0 radical (unpaired) electrons. The smallest absolute Gasteiger partial charge is 0.226 e. The topological polar surface area (TPSA) is 73.0 Å². The number of halogens is 1. The second-order valence-electron chi connectivity index (χ2n) is 9.42. The molecule has 0 bridgehead atoms. The van der Waals surface area contributed by atoms with Crippen molar-refractivity contribution in [3.8, 4) is 11.3 Å². The van der Waals surface area contributed by atoms with Crippen molar-refractivity contribution in [1.29, 1.82) is 0 Å². The van der Waals surface area contributed by atoms with Crippen molar-refractivity contribution >= 4 is 11.7 Å². The van der Waals surface area contributed by atoms with E-state index in [1.807, 2.05) is 31.5 Å². The minimum atomic E-state index is -0.306. The molecule has 2 aromatic heterocycles. The number of aryl methyl sites for hydroxylation is 1. The van der Waals surface area contributed by atoms with Gasteiger partial charge >= 0.3 is 0 Å². The third-order valence-electron chi connectivity index (χ3n) is 4.63. The van der Waals surface area contributed by atoms with Gasteiger partial charge in [-0.15, -0.1) is 0 Å². The molecule has 2 heterocycles. The number of benzene rings is 1. The van der Waals surface area contributed by atoms with E-state index < -0.39 is 0 Å². The van der Waals surface area contributed by atoms with Crippen LogP contribution in [0.15, 0.2) is 40.9 Å². The zero-order valence-electron chi connectivity index (χ0n) is 18.4. The highest BCUT2D eigenvalue weighted by Crippen LogP contribution is 2.28. The predicted molar refractivity (Wildman–Crippen MR) is 115 cm³/mol. The second-order valence-corrected chi connectivity index (χ2v) is 9.42. The Bertz CT molecular complexity index is 1020. The van der Waals surface area contributed by atoms with Crippen LogP contribution >= 0.6 is 0 Å². The molecular formula is C23H29FN4O2. The highest BCUT2D eigenvalue weighted by Gasteiger charge is 2.25. The second kappa shape index (κ2) is 8.05. The summed E-state index contributed by atoms with van der Waals surface area (Å²) in [7, 11) is 0. The van der Waals surface area contributed by atoms with E-state index in [2.05, 4.69) is 31.1 Å². The molecule has 0 spiro atoms. The van der Waals surface area contributed by atoms with Crippen molar-refractivity contribution in [2.45, 2.75) is 65.3 Å². The van der Waals surface area contributed by atoms with Crippen LogP contribution in [-0.4, -0.2) is 20.7 Å². The number of rotatable bonds is 5. The average Bonchev–Trinajstić information content (AvgIpc) is 3.27. The standard InChI is InChI=1S/C23H29FN4O2/c1-22(2,3)18-13-19(28(27-18)23(4,5)6)26-20(29)11-12-21-25-14-17(30-21)15-7-9-16(24)10-8-15/h7-10,13-14H,11-12H2,1-6H3,(H,26,29). The SMILES string of the molecule is CC(C)(C)c1cc(NC(=O)CCc2ncc(-c3ccc(F)cc3)o2)n(C(C)(C)C)n1. The van der Waals surface area contributed by atoms with Gasteiger partial charge in [-0.1, -0.05) is 20.8 Å². The summed E-state index contributed by atoms with van der Waals surface area (Å²) < 4.78 is 20.6. The molecule has 0 aliphatic carbocycles. The largest absolute Gasteiger partial charge is 0.441 e. The highest BCUT2D eigenvalue weighted by atomic mass is 19.1. The molecule has 0 unspecified atom stereocenters. The van der Waals surface area contributed by atoms with Gasteiger partial charge in [-0.2, -0.15) is 5.10 Å². The Morgan fingerprint density at radius 1 is 1.13 bits per heavy atom. The first-order chi connectivity index (χ1) is 13.9. The molecule has 160 valence electrons. The third-order valence-corrected chi connectivity index (χ3v) is 4.63. The molecule has 6 nitrogen and oxygen atoms in total. The number of aromatic nitrogens is 3. The molecule has 3 rings (SSSR count). The summed E-state index contributed by atoms with van der Waals surface area (Å²) >= 11 is 0. The minimum absolute atomic E-state index is 0.120. The van der Waals surface area contributed by atoms with E-state index in [1.165, 1.54) is 12.1 Å². The first-order valence-electron chi connectivity index (χ1n) is 10.0. The maximum Gasteiger partial charge on any atom is 0.226 e. The molecule has 1 N–H and O–H groups in total. The van der Waals surface area contributed by atoms with E-state index in [4.69, 9.17) is 9.52 Å². The molecule has 0 fully saturated rings. The number of hydrogen-bond acceptors (Lipinski definition) is 4. The lowest BCUT2D eigenvalue weighted by molar-refractivity contribution is -0.116. The predicted octanol–water partition coefficient (Wildman–Crippen LogP) is 5.30. The van der Waals surface area contributed by atoms with Gasteiger partial charge in [0, 0.05) is 29.9 Å². The van der Waals surface area contributed by atoms with Crippen molar-refractivity contribution < 1.29 is 13.6 Å². The van der Waals surface area contributed by atoms with Gasteiger partial charge in [-0.05, 0) is 45.0 Å². The van der Waals surface area contributed by atoms with Crippen LogP contribution in [0.2, 0.25) is 0 Å². The Hall–Kier alpha value is -2.96. The Labute approximate surface area is 176 Å². The van der Waals surface area contributed by atoms with Crippen LogP contribution in [0, 0.1) is 5.82 Å². The van der Waals surface area contributed by atoms with Crippen LogP contribution in [0.1, 0.15) is 59.5 Å². The van der Waals surface area contributed by atoms with Crippen LogP contribution in [0.5, 0.6) is 0 Å². The van der Waals surface area contributed by atoms with Gasteiger partial charge in [0.1, 0.15) is 11.6 Å². The molecule has 1 amide bonds. The minimum Gasteiger partial charge on any atom is -0.441 e. The van der Waals surface area contributed by atoms with Crippen molar-refractivity contribution in [2.75, 3.05) is 5.32 Å². The van der Waals surface area contributed by atoms with Gasteiger partial charge in [-0.25, -0.2) is 14.1 Å². The lowest BCUT2D eigenvalue weighted by Gasteiger charge is -2.23. The van der Waals surface area contributed by atoms with E-state index in [0.29, 0.717) is 23.9 Å². The molecule has 30 heavy (non-hydrogen) atoms. The zero-order valence-corrected chi connectivity index (χ0v) is 18.4. The van der Waals surface area contributed by atoms with Gasteiger partial charge in [-0.3, -0.25) is 4.79 Å². The maximum atomic E-state index is 13.1. The fourth-order valence-electron chi connectivity index (χ4n) is 2.95. The van der Waals surface area contributed by atoms with Gasteiger partial charge in [0.15, 0.2) is 11.7 Å². The Morgan fingerprint density at radius 2 is 1.80 bits per heavy atom. The molecule has 0 aliphatic rings. The quantitative estimate of drug-likeness (QED) is 0.617. The number of oxazole rings is 1. The van der Waals surface area contributed by atoms with Gasteiger partial charge in [0.2, 0.25) is 5.91 Å². The molecule has 7 heteroatoms. The Balaban J connectivity index is 1.67. The van der Waals surface area contributed by atoms with Crippen molar-refractivity contribution in [1.82, 2.24) is 14.8 Å².